The van der Waals surface area contributed by atoms with Gasteiger partial charge in [-0.1, -0.05) is 6.07 Å². The molecule has 2 N–H and O–H groups in total. The summed E-state index contributed by atoms with van der Waals surface area (Å²) in [6.45, 7) is 1.11. The predicted molar refractivity (Wildman–Crippen MR) is 59.2 cm³/mol. The lowest BCUT2D eigenvalue weighted by molar-refractivity contribution is -0.119. The van der Waals surface area contributed by atoms with Crippen LogP contribution >= 0.6 is 0 Å². The molecule has 0 radical (unpaired) electrons. The summed E-state index contributed by atoms with van der Waals surface area (Å²) in [5.74, 6) is -1.60. The molecule has 1 unspecified atom stereocenters. The van der Waals surface area contributed by atoms with Crippen molar-refractivity contribution in [3.05, 3.63) is 35.4 Å². The van der Waals surface area contributed by atoms with E-state index in [9.17, 15) is 13.6 Å². The molecule has 0 spiro atoms. The summed E-state index contributed by atoms with van der Waals surface area (Å²) >= 11 is 0. The Labute approximate surface area is 98.2 Å². The summed E-state index contributed by atoms with van der Waals surface area (Å²) in [6, 6.07) is 3.98. The van der Waals surface area contributed by atoms with Gasteiger partial charge in [-0.15, -0.1) is 0 Å². The number of amides is 1. The molecule has 17 heavy (non-hydrogen) atoms. The predicted octanol–water partition coefficient (Wildman–Crippen LogP) is 1.33. The number of carbonyl (C=O) groups is 1. The van der Waals surface area contributed by atoms with Crippen LogP contribution in [0.15, 0.2) is 18.2 Å². The monoisotopic (exact) mass is 240 g/mol. The van der Waals surface area contributed by atoms with Crippen LogP contribution in [0, 0.1) is 11.6 Å². The second kappa shape index (κ2) is 5.23. The number of hydrogen-bond acceptors (Lipinski definition) is 2. The van der Waals surface area contributed by atoms with Crippen molar-refractivity contribution < 1.29 is 13.6 Å². The molecular formula is C12H14F2N2O. The molecule has 1 aromatic rings. The Morgan fingerprint density at radius 3 is 2.82 bits per heavy atom. The van der Waals surface area contributed by atoms with Crippen LogP contribution in [0.5, 0.6) is 0 Å². The first kappa shape index (κ1) is 12.0. The highest BCUT2D eigenvalue weighted by molar-refractivity contribution is 5.78. The van der Waals surface area contributed by atoms with E-state index >= 15 is 0 Å². The molecule has 1 atom stereocenters. The van der Waals surface area contributed by atoms with Gasteiger partial charge in [-0.3, -0.25) is 4.79 Å². The van der Waals surface area contributed by atoms with Crippen molar-refractivity contribution in [1.29, 1.82) is 0 Å². The minimum absolute atomic E-state index is 0.0737. The molecule has 0 aromatic heterocycles. The van der Waals surface area contributed by atoms with Crippen LogP contribution in [0.4, 0.5) is 8.78 Å². The maximum atomic E-state index is 12.9. The maximum Gasteiger partial charge on any atom is 0.220 e. The minimum Gasteiger partial charge on any atom is -0.352 e. The van der Waals surface area contributed by atoms with Crippen molar-refractivity contribution in [3.63, 3.8) is 0 Å². The van der Waals surface area contributed by atoms with Crippen LogP contribution in [0.25, 0.3) is 0 Å². The van der Waals surface area contributed by atoms with Crippen molar-refractivity contribution in [2.24, 2.45) is 0 Å². The number of benzene rings is 1. The van der Waals surface area contributed by atoms with E-state index in [4.69, 9.17) is 0 Å². The van der Waals surface area contributed by atoms with Gasteiger partial charge in [0.25, 0.3) is 0 Å². The van der Waals surface area contributed by atoms with Crippen LogP contribution < -0.4 is 10.6 Å². The van der Waals surface area contributed by atoms with Gasteiger partial charge >= 0.3 is 0 Å². The molecule has 92 valence electrons. The van der Waals surface area contributed by atoms with E-state index in [1.807, 2.05) is 0 Å². The highest BCUT2D eigenvalue weighted by atomic mass is 19.2. The van der Waals surface area contributed by atoms with Gasteiger partial charge in [0.15, 0.2) is 11.6 Å². The van der Waals surface area contributed by atoms with Gasteiger partial charge in [-0.2, -0.15) is 0 Å². The molecule has 3 nitrogen and oxygen atoms in total. The smallest absolute Gasteiger partial charge is 0.220 e. The Balaban J connectivity index is 1.78. The molecule has 0 aliphatic carbocycles. The lowest BCUT2D eigenvalue weighted by atomic mass is 10.2. The normalized spacial score (nSPS) is 19.4. The third-order valence-corrected chi connectivity index (χ3v) is 2.79. The highest BCUT2D eigenvalue weighted by Gasteiger charge is 2.19. The average Bonchev–Trinajstić information content (AvgIpc) is 2.70. The molecule has 1 aliphatic rings. The molecule has 1 saturated heterocycles. The molecule has 1 fully saturated rings. The van der Waals surface area contributed by atoms with Crippen LogP contribution in [-0.4, -0.2) is 18.5 Å². The van der Waals surface area contributed by atoms with Crippen molar-refractivity contribution in [1.82, 2.24) is 10.6 Å². The molecule has 0 bridgehead atoms. The van der Waals surface area contributed by atoms with Crippen molar-refractivity contribution >= 4 is 5.91 Å². The number of hydrogen-bond donors (Lipinski definition) is 2. The second-order valence-electron chi connectivity index (χ2n) is 4.18. The van der Waals surface area contributed by atoms with Gasteiger partial charge < -0.3 is 10.6 Å². The third kappa shape index (κ3) is 3.23. The van der Waals surface area contributed by atoms with Gasteiger partial charge in [-0.05, 0) is 24.1 Å². The van der Waals surface area contributed by atoms with Gasteiger partial charge in [-0.25, -0.2) is 8.78 Å². The SMILES string of the molecule is O=C1CCC(CNCc2ccc(F)c(F)c2)N1. The largest absolute Gasteiger partial charge is 0.352 e. The van der Waals surface area contributed by atoms with Crippen LogP contribution in [-0.2, 0) is 11.3 Å². The molecule has 0 saturated carbocycles. The van der Waals surface area contributed by atoms with Crippen LogP contribution in [0.3, 0.4) is 0 Å². The van der Waals surface area contributed by atoms with Crippen LogP contribution in [0.1, 0.15) is 18.4 Å². The van der Waals surface area contributed by atoms with Gasteiger partial charge in [0, 0.05) is 25.6 Å². The van der Waals surface area contributed by atoms with Gasteiger partial charge in [0.05, 0.1) is 0 Å². The van der Waals surface area contributed by atoms with E-state index in [2.05, 4.69) is 10.6 Å². The Kier molecular flexibility index (Phi) is 3.68. The first-order valence-electron chi connectivity index (χ1n) is 5.59. The summed E-state index contributed by atoms with van der Waals surface area (Å²) in [4.78, 5) is 10.9. The van der Waals surface area contributed by atoms with E-state index in [0.717, 1.165) is 12.5 Å². The zero-order valence-electron chi connectivity index (χ0n) is 9.30. The summed E-state index contributed by atoms with van der Waals surface area (Å²) in [5.41, 5.74) is 0.688. The molecule has 1 amide bonds. The number of rotatable bonds is 4. The fraction of sp³-hybridized carbons (Fsp3) is 0.417. The molecule has 2 rings (SSSR count). The Hall–Kier alpha value is -1.49. The average molecular weight is 240 g/mol. The summed E-state index contributed by atoms with van der Waals surface area (Å²) in [6.07, 6.45) is 1.39. The Bertz CT molecular complexity index is 423. The number of halogens is 2. The standard InChI is InChI=1S/C12H14F2N2O/c13-10-3-1-8(5-11(10)14)6-15-7-9-2-4-12(17)16-9/h1,3,5,9,15H,2,4,6-7H2,(H,16,17). The van der Waals surface area contributed by atoms with E-state index in [0.29, 0.717) is 25.1 Å². The molecular weight excluding hydrogens is 226 g/mol. The number of nitrogens with one attached hydrogen (secondary N) is 2. The number of carbonyl (C=O) groups excluding carboxylic acids is 1. The Morgan fingerprint density at radius 2 is 2.18 bits per heavy atom. The van der Waals surface area contributed by atoms with E-state index in [1.165, 1.54) is 6.07 Å². The topological polar surface area (TPSA) is 41.1 Å². The van der Waals surface area contributed by atoms with E-state index in [-0.39, 0.29) is 11.9 Å². The highest BCUT2D eigenvalue weighted by Crippen LogP contribution is 2.09. The Morgan fingerprint density at radius 1 is 1.35 bits per heavy atom. The zero-order valence-corrected chi connectivity index (χ0v) is 9.30. The fourth-order valence-corrected chi connectivity index (χ4v) is 1.87. The van der Waals surface area contributed by atoms with E-state index < -0.39 is 11.6 Å². The maximum absolute atomic E-state index is 12.9. The molecule has 1 heterocycles. The molecule has 5 heteroatoms. The molecule has 1 aliphatic heterocycles. The van der Waals surface area contributed by atoms with Gasteiger partial charge in [0.1, 0.15) is 0 Å². The minimum atomic E-state index is -0.836. The quantitative estimate of drug-likeness (QED) is 0.833. The third-order valence-electron chi connectivity index (χ3n) is 2.79. The van der Waals surface area contributed by atoms with Crippen molar-refractivity contribution in [3.8, 4) is 0 Å². The zero-order chi connectivity index (χ0) is 12.3. The first-order valence-corrected chi connectivity index (χ1v) is 5.59. The van der Waals surface area contributed by atoms with E-state index in [1.54, 1.807) is 6.07 Å². The van der Waals surface area contributed by atoms with Crippen LogP contribution in [0.2, 0.25) is 0 Å². The fourth-order valence-electron chi connectivity index (χ4n) is 1.87. The summed E-state index contributed by atoms with van der Waals surface area (Å²) in [5, 5.41) is 5.93. The van der Waals surface area contributed by atoms with Gasteiger partial charge in [0.2, 0.25) is 5.91 Å². The lowest BCUT2D eigenvalue weighted by Gasteiger charge is -2.11. The van der Waals surface area contributed by atoms with Crippen molar-refractivity contribution in [2.75, 3.05) is 6.54 Å². The lowest BCUT2D eigenvalue weighted by Crippen LogP contribution is -2.35. The summed E-state index contributed by atoms with van der Waals surface area (Å²) < 4.78 is 25.6. The second-order valence-corrected chi connectivity index (χ2v) is 4.18. The van der Waals surface area contributed by atoms with Crippen molar-refractivity contribution in [2.45, 2.75) is 25.4 Å². The first-order chi connectivity index (χ1) is 8.15. The summed E-state index contributed by atoms with van der Waals surface area (Å²) in [7, 11) is 0. The molecule has 1 aromatic carbocycles.